The molecule has 0 radical (unpaired) electrons. The summed E-state index contributed by atoms with van der Waals surface area (Å²) in [6.45, 7) is 0. The Morgan fingerprint density at radius 3 is 2.64 bits per heavy atom. The number of nitrogens with one attached hydrogen (secondary N) is 1. The van der Waals surface area contributed by atoms with Gasteiger partial charge in [-0.3, -0.25) is 10.6 Å². The molecule has 2 aromatic rings. The molecule has 0 aliphatic rings. The van der Waals surface area contributed by atoms with Crippen molar-refractivity contribution in [3.05, 3.63) is 47.9 Å². The van der Waals surface area contributed by atoms with Gasteiger partial charge in [-0.25, -0.2) is 4.79 Å². The smallest absolute Gasteiger partial charge is 0.422 e. The molecule has 1 heterocycles. The Bertz CT molecular complexity index is 665. The second-order valence-corrected chi connectivity index (χ2v) is 4.36. The van der Waals surface area contributed by atoms with Gasteiger partial charge in [-0.2, -0.15) is 0 Å². The van der Waals surface area contributed by atoms with Crippen LogP contribution in [0.1, 0.15) is 16.1 Å². The molecular formula is C15H17N2O5+. The van der Waals surface area contributed by atoms with E-state index < -0.39 is 5.97 Å². The monoisotopic (exact) mass is 305 g/mol. The average molecular weight is 305 g/mol. The zero-order valence-corrected chi connectivity index (χ0v) is 12.3. The largest absolute Gasteiger partial charge is 0.493 e. The van der Waals surface area contributed by atoms with E-state index in [4.69, 9.17) is 24.5 Å². The first-order valence-electron chi connectivity index (χ1n) is 6.47. The number of carbonyl (C=O) groups excluding carboxylic acids is 1. The molecule has 1 aromatic heterocycles. The summed E-state index contributed by atoms with van der Waals surface area (Å²) in [7, 11) is 3.12. The maximum Gasteiger partial charge on any atom is 0.422 e. The van der Waals surface area contributed by atoms with Crippen molar-refractivity contribution in [2.75, 3.05) is 14.2 Å². The maximum absolute atomic E-state index is 11.6. The molecule has 7 nitrogen and oxygen atoms in total. The van der Waals surface area contributed by atoms with Gasteiger partial charge in [0.05, 0.1) is 26.9 Å². The zero-order chi connectivity index (χ0) is 15.9. The van der Waals surface area contributed by atoms with Gasteiger partial charge in [0.25, 0.3) is 5.84 Å². The van der Waals surface area contributed by atoms with Gasteiger partial charge in [0.15, 0.2) is 11.5 Å². The Balaban J connectivity index is 2.00. The van der Waals surface area contributed by atoms with E-state index in [-0.39, 0.29) is 11.6 Å². The van der Waals surface area contributed by atoms with Crippen LogP contribution in [0.5, 0.6) is 11.5 Å². The van der Waals surface area contributed by atoms with Crippen molar-refractivity contribution in [3.8, 4) is 11.5 Å². The molecule has 0 atom stereocenters. The van der Waals surface area contributed by atoms with Crippen LogP contribution >= 0.6 is 0 Å². The molecule has 0 saturated carbocycles. The lowest BCUT2D eigenvalue weighted by atomic mass is 10.1. The third-order valence-electron chi connectivity index (χ3n) is 2.84. The molecule has 0 spiro atoms. The quantitative estimate of drug-likeness (QED) is 0.339. The number of ether oxygens (including phenoxy) is 2. The highest BCUT2D eigenvalue weighted by atomic mass is 16.7. The summed E-state index contributed by atoms with van der Waals surface area (Å²) in [4.78, 5) is 16.4. The fourth-order valence-electron chi connectivity index (χ4n) is 1.80. The molecule has 2 rings (SSSR count). The summed E-state index contributed by atoms with van der Waals surface area (Å²) in [5.41, 5.74) is 6.67. The number of hydrogen-bond donors (Lipinski definition) is 2. The molecule has 3 N–H and O–H groups in total. The molecular weight excluding hydrogens is 288 g/mol. The van der Waals surface area contributed by atoms with Crippen LogP contribution in [-0.4, -0.2) is 26.0 Å². The lowest BCUT2D eigenvalue weighted by Crippen LogP contribution is -2.75. The highest BCUT2D eigenvalue weighted by Crippen LogP contribution is 2.27. The van der Waals surface area contributed by atoms with Gasteiger partial charge < -0.3 is 13.9 Å². The third-order valence-corrected chi connectivity index (χ3v) is 2.84. The van der Waals surface area contributed by atoms with Crippen LogP contribution in [0.4, 0.5) is 0 Å². The highest BCUT2D eigenvalue weighted by Gasteiger charge is 2.13. The van der Waals surface area contributed by atoms with Gasteiger partial charge in [-0.05, 0) is 29.8 Å². The molecule has 0 aliphatic carbocycles. The molecule has 0 saturated heterocycles. The van der Waals surface area contributed by atoms with E-state index in [2.05, 4.69) is 5.16 Å². The van der Waals surface area contributed by atoms with Gasteiger partial charge in [0.2, 0.25) is 5.76 Å². The minimum Gasteiger partial charge on any atom is -0.493 e. The van der Waals surface area contributed by atoms with Gasteiger partial charge in [-0.1, -0.05) is 11.2 Å². The van der Waals surface area contributed by atoms with E-state index in [9.17, 15) is 4.79 Å². The topological polar surface area (TPSA) is 97.9 Å². The molecule has 0 amide bonds. The summed E-state index contributed by atoms with van der Waals surface area (Å²) in [6, 6.07) is 8.49. The van der Waals surface area contributed by atoms with Gasteiger partial charge in [-0.15, -0.1) is 0 Å². The van der Waals surface area contributed by atoms with Crippen LogP contribution in [-0.2, 0) is 11.3 Å². The normalized spacial score (nSPS) is 11.1. The summed E-state index contributed by atoms with van der Waals surface area (Å²) < 4.78 is 15.3. The second-order valence-electron chi connectivity index (χ2n) is 4.36. The van der Waals surface area contributed by atoms with E-state index >= 15 is 0 Å². The number of carbonyl (C=O) groups is 1. The molecule has 0 fully saturated rings. The zero-order valence-electron chi connectivity index (χ0n) is 12.3. The first-order chi connectivity index (χ1) is 10.6. The molecule has 7 heteroatoms. The predicted octanol–water partition coefficient (Wildman–Crippen LogP) is 0.0491. The van der Waals surface area contributed by atoms with Crippen LogP contribution in [0.3, 0.4) is 0 Å². The standard InChI is InChI=1S/C15H16N2O5/c1-19-11-6-5-10(8-13(11)20-2)9-14(16)17-22-15(18)12-4-3-7-21-12/h3-8H,9H2,1-2H3,(H2,16,17)/p+1. The minimum absolute atomic E-state index is 0.0893. The number of hydrogen-bond acceptors (Lipinski definition) is 5. The van der Waals surface area contributed by atoms with Crippen molar-refractivity contribution in [1.82, 2.24) is 0 Å². The number of nitrogens with two attached hydrogens (primary N) is 1. The average Bonchev–Trinajstić information content (AvgIpc) is 3.07. The fourth-order valence-corrected chi connectivity index (χ4v) is 1.80. The summed E-state index contributed by atoms with van der Waals surface area (Å²) in [5, 5.41) is 2.40. The molecule has 0 unspecified atom stereocenters. The van der Waals surface area contributed by atoms with Crippen LogP contribution in [0.15, 0.2) is 41.0 Å². The number of furan rings is 1. The third kappa shape index (κ3) is 3.78. The molecule has 1 aromatic carbocycles. The Hall–Kier alpha value is -2.96. The van der Waals surface area contributed by atoms with Crippen molar-refractivity contribution >= 4 is 11.8 Å². The molecule has 22 heavy (non-hydrogen) atoms. The van der Waals surface area contributed by atoms with E-state index in [0.717, 1.165) is 5.56 Å². The Labute approximate surface area is 127 Å². The number of benzene rings is 1. The van der Waals surface area contributed by atoms with Crippen LogP contribution < -0.4 is 20.4 Å². The van der Waals surface area contributed by atoms with E-state index in [1.54, 1.807) is 32.4 Å². The van der Waals surface area contributed by atoms with Crippen molar-refractivity contribution in [2.45, 2.75) is 6.42 Å². The minimum atomic E-state index is -0.653. The highest BCUT2D eigenvalue weighted by molar-refractivity contribution is 5.86. The molecule has 116 valence electrons. The Morgan fingerprint density at radius 1 is 1.23 bits per heavy atom. The van der Waals surface area contributed by atoms with Crippen molar-refractivity contribution < 1.29 is 28.7 Å². The predicted molar refractivity (Wildman–Crippen MR) is 77.5 cm³/mol. The van der Waals surface area contributed by atoms with E-state index in [1.165, 1.54) is 12.3 Å². The Kier molecular flexibility index (Phi) is 5.02. The lowest BCUT2D eigenvalue weighted by molar-refractivity contribution is -0.722. The summed E-state index contributed by atoms with van der Waals surface area (Å²) in [6.07, 6.45) is 1.74. The first-order valence-corrected chi connectivity index (χ1v) is 6.47. The Morgan fingerprint density at radius 2 is 2.00 bits per heavy atom. The van der Waals surface area contributed by atoms with Crippen molar-refractivity contribution in [2.24, 2.45) is 5.73 Å². The van der Waals surface area contributed by atoms with Gasteiger partial charge in [0.1, 0.15) is 0 Å². The number of amidine groups is 1. The summed E-state index contributed by atoms with van der Waals surface area (Å²) >= 11 is 0. The SMILES string of the molecule is COc1ccc(CC(N)=[NH+]OC(=O)c2ccco2)cc1OC. The number of rotatable bonds is 6. The van der Waals surface area contributed by atoms with Crippen LogP contribution in [0, 0.1) is 0 Å². The number of methoxy groups -OCH3 is 2. The molecule has 0 bridgehead atoms. The van der Waals surface area contributed by atoms with E-state index in [0.29, 0.717) is 17.9 Å². The van der Waals surface area contributed by atoms with Crippen molar-refractivity contribution in [1.29, 1.82) is 0 Å². The second kappa shape index (κ2) is 7.16. The fraction of sp³-hybridized carbons (Fsp3) is 0.200. The van der Waals surface area contributed by atoms with E-state index in [1.807, 2.05) is 6.07 Å². The summed E-state index contributed by atoms with van der Waals surface area (Å²) in [5.74, 6) is 0.932. The van der Waals surface area contributed by atoms with Crippen LogP contribution in [0.2, 0.25) is 0 Å². The van der Waals surface area contributed by atoms with Gasteiger partial charge in [0, 0.05) is 0 Å². The maximum atomic E-state index is 11.6. The lowest BCUT2D eigenvalue weighted by Gasteiger charge is -2.08. The first kappa shape index (κ1) is 15.4. The molecule has 0 aliphatic heterocycles. The van der Waals surface area contributed by atoms with Crippen LogP contribution in [0.25, 0.3) is 0 Å². The van der Waals surface area contributed by atoms with Gasteiger partial charge >= 0.3 is 5.97 Å². The van der Waals surface area contributed by atoms with Crippen molar-refractivity contribution in [3.63, 3.8) is 0 Å².